The van der Waals surface area contributed by atoms with Gasteiger partial charge in [-0.2, -0.15) is 0 Å². The van der Waals surface area contributed by atoms with Gasteiger partial charge in [-0.1, -0.05) is 123 Å². The van der Waals surface area contributed by atoms with E-state index in [2.05, 4.69) is 206 Å². The maximum Gasteiger partial charge on any atom is 0.0467 e. The lowest BCUT2D eigenvalue weighted by Gasteiger charge is -2.28. The minimum Gasteiger partial charge on any atom is -0.310 e. The number of hydrogen-bond acceptors (Lipinski definition) is 2. The van der Waals surface area contributed by atoms with Gasteiger partial charge in [0.1, 0.15) is 0 Å². The maximum atomic E-state index is 2.40. The molecule has 0 spiro atoms. The summed E-state index contributed by atoms with van der Waals surface area (Å²) in [4.78, 5) is 4.70. The lowest BCUT2D eigenvalue weighted by Crippen LogP contribution is -2.16. The first kappa shape index (κ1) is 28.6. The van der Waals surface area contributed by atoms with Gasteiger partial charge in [-0.05, 0) is 106 Å². The van der Waals surface area contributed by atoms with Crippen LogP contribution in [0.4, 0.5) is 34.1 Å². The highest BCUT2D eigenvalue weighted by Crippen LogP contribution is 2.50. The molecule has 0 saturated carbocycles. The molecule has 1 aliphatic rings. The molecule has 0 unspecified atom stereocenters. The minimum absolute atomic E-state index is 0.0734. The minimum atomic E-state index is -0.0734. The molecule has 226 valence electrons. The predicted octanol–water partition coefficient (Wildman–Crippen LogP) is 12.6. The van der Waals surface area contributed by atoms with Crippen molar-refractivity contribution in [3.63, 3.8) is 0 Å². The van der Waals surface area contributed by atoms with Crippen LogP contribution >= 0.6 is 0 Å². The van der Waals surface area contributed by atoms with E-state index in [1.165, 1.54) is 33.4 Å². The zero-order valence-electron chi connectivity index (χ0n) is 26.7. The van der Waals surface area contributed by atoms with Crippen LogP contribution in [0.5, 0.6) is 0 Å². The molecule has 2 nitrogen and oxygen atoms in total. The van der Waals surface area contributed by atoms with E-state index in [-0.39, 0.29) is 5.41 Å². The molecular weight excluding hydrogens is 569 g/mol. The second-order valence-corrected chi connectivity index (χ2v) is 12.7. The highest BCUT2D eigenvalue weighted by Gasteiger charge is 2.35. The Hall–Kier alpha value is -5.86. The second kappa shape index (κ2) is 11.8. The van der Waals surface area contributed by atoms with Gasteiger partial charge < -0.3 is 9.80 Å². The van der Waals surface area contributed by atoms with E-state index in [1.54, 1.807) is 0 Å². The average molecular weight is 605 g/mol. The first-order valence-corrected chi connectivity index (χ1v) is 16.3. The van der Waals surface area contributed by atoms with Crippen molar-refractivity contribution in [3.05, 3.63) is 193 Å². The Kier molecular flexibility index (Phi) is 7.19. The maximum absolute atomic E-state index is 2.40. The molecule has 0 aromatic heterocycles. The first-order chi connectivity index (χ1) is 23.1. The van der Waals surface area contributed by atoms with E-state index < -0.39 is 0 Å². The Morgan fingerprint density at radius 1 is 0.319 bits per heavy atom. The molecule has 47 heavy (non-hydrogen) atoms. The smallest absolute Gasteiger partial charge is 0.0467 e. The van der Waals surface area contributed by atoms with Crippen LogP contribution < -0.4 is 9.80 Å². The van der Waals surface area contributed by atoms with Crippen molar-refractivity contribution in [2.45, 2.75) is 19.3 Å². The average Bonchev–Trinajstić information content (AvgIpc) is 3.36. The molecule has 7 aromatic rings. The molecule has 0 saturated heterocycles. The van der Waals surface area contributed by atoms with Crippen LogP contribution in [0, 0.1) is 0 Å². The fraction of sp³-hybridized carbons (Fsp3) is 0.0667. The van der Waals surface area contributed by atoms with Crippen molar-refractivity contribution in [2.24, 2.45) is 0 Å². The summed E-state index contributed by atoms with van der Waals surface area (Å²) >= 11 is 0. The zero-order valence-corrected chi connectivity index (χ0v) is 26.7. The summed E-state index contributed by atoms with van der Waals surface area (Å²) < 4.78 is 0. The topological polar surface area (TPSA) is 6.48 Å². The summed E-state index contributed by atoms with van der Waals surface area (Å²) in [6, 6.07) is 65.4. The summed E-state index contributed by atoms with van der Waals surface area (Å²) in [5.74, 6) is 0. The van der Waals surface area contributed by atoms with Gasteiger partial charge in [-0.3, -0.25) is 0 Å². The molecule has 0 atom stereocenters. The Labute approximate surface area is 277 Å². The van der Waals surface area contributed by atoms with E-state index in [1.807, 2.05) is 0 Å². The van der Waals surface area contributed by atoms with E-state index in [9.17, 15) is 0 Å². The van der Waals surface area contributed by atoms with Crippen molar-refractivity contribution >= 4 is 34.1 Å². The zero-order chi connectivity index (χ0) is 31.8. The SMILES string of the molecule is CC1(C)c2ccccc2-c2ccc(N(c3ccccc3)c3cccc(-c4cccc(N(c5ccccc5)c5ccccc5)c4)c3)cc21. The van der Waals surface area contributed by atoms with Gasteiger partial charge in [0.05, 0.1) is 0 Å². The molecular formula is C45H36N2. The molecule has 0 amide bonds. The van der Waals surface area contributed by atoms with Crippen LogP contribution in [0.1, 0.15) is 25.0 Å². The monoisotopic (exact) mass is 604 g/mol. The summed E-state index contributed by atoms with van der Waals surface area (Å²) in [5.41, 5.74) is 14.5. The van der Waals surface area contributed by atoms with Gasteiger partial charge in [-0.15, -0.1) is 0 Å². The third-order valence-electron chi connectivity index (χ3n) is 9.41. The molecule has 1 aliphatic carbocycles. The number of para-hydroxylation sites is 3. The van der Waals surface area contributed by atoms with Crippen molar-refractivity contribution in [2.75, 3.05) is 9.80 Å². The van der Waals surface area contributed by atoms with Crippen LogP contribution in [0.3, 0.4) is 0 Å². The fourth-order valence-electron chi connectivity index (χ4n) is 7.11. The van der Waals surface area contributed by atoms with Crippen LogP contribution in [-0.2, 0) is 5.41 Å². The summed E-state index contributed by atoms with van der Waals surface area (Å²) in [7, 11) is 0. The Morgan fingerprint density at radius 2 is 0.723 bits per heavy atom. The van der Waals surface area contributed by atoms with E-state index in [0.29, 0.717) is 0 Å². The molecule has 8 rings (SSSR count). The molecule has 0 aliphatic heterocycles. The number of fused-ring (bicyclic) bond motifs is 3. The third-order valence-corrected chi connectivity index (χ3v) is 9.41. The van der Waals surface area contributed by atoms with Gasteiger partial charge in [0, 0.05) is 39.5 Å². The lowest BCUT2D eigenvalue weighted by molar-refractivity contribution is 0.660. The van der Waals surface area contributed by atoms with E-state index in [4.69, 9.17) is 0 Å². The molecule has 0 bridgehead atoms. The summed E-state index contributed by atoms with van der Waals surface area (Å²) in [5, 5.41) is 0. The predicted molar refractivity (Wildman–Crippen MR) is 199 cm³/mol. The molecule has 7 aromatic carbocycles. The molecule has 2 heteroatoms. The Balaban J connectivity index is 1.22. The third kappa shape index (κ3) is 5.18. The summed E-state index contributed by atoms with van der Waals surface area (Å²) in [6.45, 7) is 4.69. The van der Waals surface area contributed by atoms with Gasteiger partial charge in [0.2, 0.25) is 0 Å². The number of benzene rings is 7. The highest BCUT2D eigenvalue weighted by atomic mass is 15.1. The number of anilines is 6. The lowest BCUT2D eigenvalue weighted by atomic mass is 9.82. The quantitative estimate of drug-likeness (QED) is 0.179. The normalized spacial score (nSPS) is 12.6. The van der Waals surface area contributed by atoms with Crippen LogP contribution in [0.15, 0.2) is 182 Å². The van der Waals surface area contributed by atoms with Crippen LogP contribution in [-0.4, -0.2) is 0 Å². The van der Waals surface area contributed by atoms with Crippen LogP contribution in [0.25, 0.3) is 22.3 Å². The second-order valence-electron chi connectivity index (χ2n) is 12.7. The van der Waals surface area contributed by atoms with Gasteiger partial charge in [0.15, 0.2) is 0 Å². The van der Waals surface area contributed by atoms with Gasteiger partial charge >= 0.3 is 0 Å². The standard InChI is InChI=1S/C45H36N2/c1-45(2)43-27-13-12-26-41(43)42-29-28-40(32-44(42)45)47(37-22-10-5-11-23-37)39-25-15-17-34(31-39)33-16-14-24-38(30-33)46(35-18-6-3-7-19-35)36-20-8-4-9-21-36/h3-32H,1-2H3. The Morgan fingerprint density at radius 3 is 1.26 bits per heavy atom. The van der Waals surface area contributed by atoms with Crippen molar-refractivity contribution < 1.29 is 0 Å². The largest absolute Gasteiger partial charge is 0.310 e. The number of nitrogens with zero attached hydrogens (tertiary/aromatic N) is 2. The van der Waals surface area contributed by atoms with E-state index in [0.717, 1.165) is 34.1 Å². The van der Waals surface area contributed by atoms with Gasteiger partial charge in [-0.25, -0.2) is 0 Å². The Bertz CT molecular complexity index is 2130. The fourth-order valence-corrected chi connectivity index (χ4v) is 7.11. The van der Waals surface area contributed by atoms with Gasteiger partial charge in [0.25, 0.3) is 0 Å². The van der Waals surface area contributed by atoms with Crippen molar-refractivity contribution in [1.29, 1.82) is 0 Å². The molecule has 0 N–H and O–H groups in total. The molecule has 0 fully saturated rings. The van der Waals surface area contributed by atoms with Crippen molar-refractivity contribution in [1.82, 2.24) is 0 Å². The van der Waals surface area contributed by atoms with Crippen LogP contribution in [0.2, 0.25) is 0 Å². The molecule has 0 heterocycles. The van der Waals surface area contributed by atoms with Crippen molar-refractivity contribution in [3.8, 4) is 22.3 Å². The van der Waals surface area contributed by atoms with E-state index >= 15 is 0 Å². The highest BCUT2D eigenvalue weighted by molar-refractivity contribution is 5.87. The number of rotatable bonds is 7. The first-order valence-electron chi connectivity index (χ1n) is 16.3. The number of hydrogen-bond donors (Lipinski definition) is 0. The summed E-state index contributed by atoms with van der Waals surface area (Å²) in [6.07, 6.45) is 0. The molecule has 0 radical (unpaired) electrons.